The summed E-state index contributed by atoms with van der Waals surface area (Å²) in [7, 11) is 0. The maximum atomic E-state index is 12.0. The quantitative estimate of drug-likeness (QED) is 0.894. The van der Waals surface area contributed by atoms with Gasteiger partial charge in [0.05, 0.1) is 5.56 Å². The van der Waals surface area contributed by atoms with Gasteiger partial charge in [-0.25, -0.2) is 4.79 Å². The molecular formula is C14H19NO3. The van der Waals surface area contributed by atoms with Crippen LogP contribution in [0.3, 0.4) is 0 Å². The van der Waals surface area contributed by atoms with E-state index in [1.165, 1.54) is 18.9 Å². The number of rotatable bonds is 3. The minimum absolute atomic E-state index is 0.0816. The molecule has 1 aromatic rings. The lowest BCUT2D eigenvalue weighted by Crippen LogP contribution is -2.27. The Bertz CT molecular complexity index is 525. The molecule has 18 heavy (non-hydrogen) atoms. The number of carboxylic acids is 1. The predicted molar refractivity (Wildman–Crippen MR) is 69.1 cm³/mol. The average molecular weight is 249 g/mol. The first-order valence-corrected chi connectivity index (χ1v) is 6.45. The van der Waals surface area contributed by atoms with Crippen LogP contribution >= 0.6 is 0 Å². The highest BCUT2D eigenvalue weighted by molar-refractivity contribution is 5.90. The minimum atomic E-state index is -0.954. The van der Waals surface area contributed by atoms with Crippen molar-refractivity contribution < 1.29 is 9.90 Å². The van der Waals surface area contributed by atoms with E-state index in [4.69, 9.17) is 0 Å². The molecule has 1 heterocycles. The molecule has 0 radical (unpaired) electrons. The molecule has 0 bridgehead atoms. The van der Waals surface area contributed by atoms with E-state index in [1.807, 2.05) is 0 Å². The minimum Gasteiger partial charge on any atom is -0.478 e. The van der Waals surface area contributed by atoms with Crippen LogP contribution in [0.5, 0.6) is 0 Å². The molecule has 0 unspecified atom stereocenters. The molecule has 1 aliphatic rings. The number of hydrogen-bond acceptors (Lipinski definition) is 2. The van der Waals surface area contributed by atoms with Gasteiger partial charge in [0.15, 0.2) is 0 Å². The first-order valence-electron chi connectivity index (χ1n) is 6.45. The van der Waals surface area contributed by atoms with E-state index in [1.54, 1.807) is 18.4 Å². The third-order valence-corrected chi connectivity index (χ3v) is 3.90. The second-order valence-corrected chi connectivity index (χ2v) is 5.19. The zero-order chi connectivity index (χ0) is 13.3. The lowest BCUT2D eigenvalue weighted by atomic mass is 10.1. The van der Waals surface area contributed by atoms with Gasteiger partial charge in [-0.3, -0.25) is 4.79 Å². The molecule has 1 fully saturated rings. The Morgan fingerprint density at radius 2 is 2.00 bits per heavy atom. The molecule has 0 atom stereocenters. The molecule has 0 aromatic carbocycles. The van der Waals surface area contributed by atoms with Crippen molar-refractivity contribution in [3.63, 3.8) is 0 Å². The normalized spacial score (nSPS) is 16.1. The monoisotopic (exact) mass is 249 g/mol. The third-order valence-electron chi connectivity index (χ3n) is 3.90. The topological polar surface area (TPSA) is 59.3 Å². The van der Waals surface area contributed by atoms with E-state index in [9.17, 15) is 14.7 Å². The summed E-state index contributed by atoms with van der Waals surface area (Å²) in [5.41, 5.74) is 1.32. The van der Waals surface area contributed by atoms with E-state index in [2.05, 4.69) is 0 Å². The molecule has 1 aromatic heterocycles. The zero-order valence-electron chi connectivity index (χ0n) is 10.9. The highest BCUT2D eigenvalue weighted by atomic mass is 16.4. The van der Waals surface area contributed by atoms with Crippen LogP contribution in [0.25, 0.3) is 0 Å². The van der Waals surface area contributed by atoms with Gasteiger partial charge in [0.1, 0.15) is 0 Å². The largest absolute Gasteiger partial charge is 0.478 e. The van der Waals surface area contributed by atoms with Crippen LogP contribution in [0.2, 0.25) is 0 Å². The summed E-state index contributed by atoms with van der Waals surface area (Å²) < 4.78 is 1.63. The number of carbonyl (C=O) groups is 1. The van der Waals surface area contributed by atoms with Crippen LogP contribution < -0.4 is 5.56 Å². The van der Waals surface area contributed by atoms with Crippen molar-refractivity contribution in [1.82, 2.24) is 4.57 Å². The zero-order valence-corrected chi connectivity index (χ0v) is 10.9. The van der Waals surface area contributed by atoms with E-state index in [0.717, 1.165) is 12.8 Å². The first-order chi connectivity index (χ1) is 8.50. The van der Waals surface area contributed by atoms with Crippen molar-refractivity contribution in [3.05, 3.63) is 33.2 Å². The summed E-state index contributed by atoms with van der Waals surface area (Å²) in [5, 5.41) is 9.21. The van der Waals surface area contributed by atoms with Gasteiger partial charge in [0, 0.05) is 18.3 Å². The van der Waals surface area contributed by atoms with Crippen LogP contribution in [0, 0.1) is 19.8 Å². The molecule has 0 amide bonds. The summed E-state index contributed by atoms with van der Waals surface area (Å²) in [6, 6.07) is 1.44. The molecular weight excluding hydrogens is 230 g/mol. The number of aromatic nitrogens is 1. The molecule has 1 N–H and O–H groups in total. The van der Waals surface area contributed by atoms with Crippen molar-refractivity contribution in [2.75, 3.05) is 0 Å². The van der Waals surface area contributed by atoms with Crippen LogP contribution in [-0.2, 0) is 6.54 Å². The van der Waals surface area contributed by atoms with Crippen molar-refractivity contribution in [2.24, 2.45) is 5.92 Å². The molecule has 1 saturated carbocycles. The summed E-state index contributed by atoms with van der Waals surface area (Å²) in [5.74, 6) is -0.434. The molecule has 0 aliphatic heterocycles. The van der Waals surface area contributed by atoms with Gasteiger partial charge in [-0.1, -0.05) is 12.8 Å². The van der Waals surface area contributed by atoms with E-state index in [-0.39, 0.29) is 11.1 Å². The van der Waals surface area contributed by atoms with E-state index >= 15 is 0 Å². The maximum Gasteiger partial charge on any atom is 0.337 e. The fourth-order valence-corrected chi connectivity index (χ4v) is 2.92. The Balaban J connectivity index is 2.42. The maximum absolute atomic E-state index is 12.0. The SMILES string of the molecule is Cc1cc(=O)n(CC2CCCC2)c(C)c1C(=O)O. The number of carboxylic acid groups (broad SMARTS) is 1. The predicted octanol–water partition coefficient (Wildman–Crippen LogP) is 2.35. The molecule has 4 nitrogen and oxygen atoms in total. The smallest absolute Gasteiger partial charge is 0.337 e. The summed E-state index contributed by atoms with van der Waals surface area (Å²) in [6.45, 7) is 4.07. The Morgan fingerprint density at radius 1 is 1.39 bits per heavy atom. The number of hydrogen-bond donors (Lipinski definition) is 1. The standard InChI is InChI=1S/C14H19NO3/c1-9-7-12(16)15(8-11-5-3-4-6-11)10(2)13(9)14(17)18/h7,11H,3-6,8H2,1-2H3,(H,17,18). The lowest BCUT2D eigenvalue weighted by Gasteiger charge is -2.17. The number of aromatic carboxylic acids is 1. The van der Waals surface area contributed by atoms with Gasteiger partial charge in [0.2, 0.25) is 0 Å². The van der Waals surface area contributed by atoms with Crippen LogP contribution in [0.1, 0.15) is 47.3 Å². The highest BCUT2D eigenvalue weighted by Gasteiger charge is 2.20. The summed E-state index contributed by atoms with van der Waals surface area (Å²) in [4.78, 5) is 23.2. The Labute approximate surface area is 106 Å². The second-order valence-electron chi connectivity index (χ2n) is 5.19. The number of aryl methyl sites for hydroxylation is 1. The van der Waals surface area contributed by atoms with Gasteiger partial charge in [-0.2, -0.15) is 0 Å². The van der Waals surface area contributed by atoms with Gasteiger partial charge < -0.3 is 9.67 Å². The third kappa shape index (κ3) is 2.33. The van der Waals surface area contributed by atoms with Gasteiger partial charge in [-0.15, -0.1) is 0 Å². The highest BCUT2D eigenvalue weighted by Crippen LogP contribution is 2.26. The second kappa shape index (κ2) is 4.96. The average Bonchev–Trinajstić information content (AvgIpc) is 2.75. The number of nitrogens with zero attached hydrogens (tertiary/aromatic N) is 1. The van der Waals surface area contributed by atoms with Crippen LogP contribution in [-0.4, -0.2) is 15.6 Å². The van der Waals surface area contributed by atoms with Gasteiger partial charge >= 0.3 is 5.97 Å². The Hall–Kier alpha value is -1.58. The fraction of sp³-hybridized carbons (Fsp3) is 0.571. The van der Waals surface area contributed by atoms with E-state index in [0.29, 0.717) is 23.7 Å². The van der Waals surface area contributed by atoms with Crippen molar-refractivity contribution in [2.45, 2.75) is 46.1 Å². The van der Waals surface area contributed by atoms with Crippen molar-refractivity contribution in [3.8, 4) is 0 Å². The van der Waals surface area contributed by atoms with E-state index < -0.39 is 5.97 Å². The van der Waals surface area contributed by atoms with Gasteiger partial charge in [0.25, 0.3) is 5.56 Å². The molecule has 0 spiro atoms. The molecule has 2 rings (SSSR count). The van der Waals surface area contributed by atoms with Gasteiger partial charge in [-0.05, 0) is 38.2 Å². The van der Waals surface area contributed by atoms with Crippen LogP contribution in [0.4, 0.5) is 0 Å². The lowest BCUT2D eigenvalue weighted by molar-refractivity contribution is 0.0694. The van der Waals surface area contributed by atoms with Crippen molar-refractivity contribution >= 4 is 5.97 Å². The molecule has 98 valence electrons. The fourth-order valence-electron chi connectivity index (χ4n) is 2.92. The Morgan fingerprint density at radius 3 is 2.56 bits per heavy atom. The molecule has 1 aliphatic carbocycles. The van der Waals surface area contributed by atoms with Crippen molar-refractivity contribution in [1.29, 1.82) is 0 Å². The summed E-state index contributed by atoms with van der Waals surface area (Å²) in [6.07, 6.45) is 4.72. The molecule has 0 saturated heterocycles. The first kappa shape index (κ1) is 12.9. The summed E-state index contributed by atoms with van der Waals surface area (Å²) >= 11 is 0. The Kier molecular flexibility index (Phi) is 3.55. The molecule has 4 heteroatoms. The van der Waals surface area contributed by atoms with Crippen LogP contribution in [0.15, 0.2) is 10.9 Å². The number of pyridine rings is 1.